The van der Waals surface area contributed by atoms with Crippen LogP contribution < -0.4 is 10.6 Å². The van der Waals surface area contributed by atoms with Crippen LogP contribution >= 0.6 is 24.0 Å². The molecule has 3 rings (SSSR count). The molecule has 0 bridgehead atoms. The minimum Gasteiger partial charge on any atom is -0.356 e. The molecule has 10 heteroatoms. The minimum absolute atomic E-state index is 0. The molecule has 1 aliphatic carbocycles. The van der Waals surface area contributed by atoms with Crippen LogP contribution in [0.1, 0.15) is 36.8 Å². The summed E-state index contributed by atoms with van der Waals surface area (Å²) in [4.78, 5) is 20.5. The molecule has 1 aromatic rings. The molecule has 174 valence electrons. The number of rotatable bonds is 7. The van der Waals surface area contributed by atoms with E-state index in [0.29, 0.717) is 25.6 Å². The largest absolute Gasteiger partial charge is 0.416 e. The topological polar surface area (TPSA) is 60.0 Å². The summed E-state index contributed by atoms with van der Waals surface area (Å²) in [6.45, 7) is 4.53. The zero-order chi connectivity index (χ0) is 21.6. The highest BCUT2D eigenvalue weighted by atomic mass is 127. The Bertz CT molecular complexity index is 730. The van der Waals surface area contributed by atoms with Crippen LogP contribution in [0.5, 0.6) is 0 Å². The number of nitrogens with zero attached hydrogens (tertiary/aromatic N) is 3. The molecule has 0 unspecified atom stereocenters. The van der Waals surface area contributed by atoms with E-state index in [2.05, 4.69) is 25.4 Å². The van der Waals surface area contributed by atoms with E-state index in [1.54, 1.807) is 19.2 Å². The summed E-state index contributed by atoms with van der Waals surface area (Å²) >= 11 is 0. The molecule has 2 N–H and O–H groups in total. The van der Waals surface area contributed by atoms with Crippen molar-refractivity contribution in [1.82, 2.24) is 20.4 Å². The van der Waals surface area contributed by atoms with Crippen molar-refractivity contribution in [2.24, 2.45) is 4.99 Å². The Hall–Kier alpha value is -1.56. The van der Waals surface area contributed by atoms with Gasteiger partial charge < -0.3 is 15.5 Å². The Kier molecular flexibility index (Phi) is 9.86. The van der Waals surface area contributed by atoms with Crippen LogP contribution in [-0.4, -0.2) is 67.5 Å². The number of halogens is 4. The zero-order valence-corrected chi connectivity index (χ0v) is 20.1. The van der Waals surface area contributed by atoms with Crippen molar-refractivity contribution in [3.8, 4) is 0 Å². The van der Waals surface area contributed by atoms with E-state index in [0.717, 1.165) is 69.1 Å². The predicted molar refractivity (Wildman–Crippen MR) is 125 cm³/mol. The zero-order valence-electron chi connectivity index (χ0n) is 17.7. The number of benzene rings is 1. The summed E-state index contributed by atoms with van der Waals surface area (Å²) in [5.74, 6) is 0.943. The van der Waals surface area contributed by atoms with Gasteiger partial charge in [0.05, 0.1) is 5.56 Å². The third kappa shape index (κ3) is 8.47. The van der Waals surface area contributed by atoms with Crippen molar-refractivity contribution in [2.45, 2.75) is 44.4 Å². The Morgan fingerprint density at radius 1 is 1.13 bits per heavy atom. The van der Waals surface area contributed by atoms with Gasteiger partial charge in [0, 0.05) is 58.8 Å². The van der Waals surface area contributed by atoms with Crippen LogP contribution in [0.15, 0.2) is 29.3 Å². The maximum atomic E-state index is 12.7. The van der Waals surface area contributed by atoms with Gasteiger partial charge in [-0.05, 0) is 37.0 Å². The van der Waals surface area contributed by atoms with Gasteiger partial charge in [-0.25, -0.2) is 0 Å². The molecule has 1 aromatic carbocycles. The van der Waals surface area contributed by atoms with Crippen molar-refractivity contribution in [3.05, 3.63) is 35.4 Å². The van der Waals surface area contributed by atoms with E-state index in [9.17, 15) is 18.0 Å². The fourth-order valence-corrected chi connectivity index (χ4v) is 3.48. The third-order valence-corrected chi connectivity index (χ3v) is 5.38. The number of carbonyl (C=O) groups excluding carboxylic acids is 1. The van der Waals surface area contributed by atoms with Gasteiger partial charge >= 0.3 is 6.18 Å². The maximum absolute atomic E-state index is 12.7. The number of guanidine groups is 1. The smallest absolute Gasteiger partial charge is 0.356 e. The van der Waals surface area contributed by atoms with E-state index in [1.807, 2.05) is 0 Å². The number of hydrogen-bond acceptors (Lipinski definition) is 3. The van der Waals surface area contributed by atoms with Gasteiger partial charge in [-0.3, -0.25) is 14.7 Å². The van der Waals surface area contributed by atoms with Crippen LogP contribution in [-0.2, 0) is 17.5 Å². The monoisotopic (exact) mass is 553 g/mol. The molecule has 0 spiro atoms. The van der Waals surface area contributed by atoms with Gasteiger partial charge in [-0.15, -0.1) is 24.0 Å². The number of nitrogens with one attached hydrogen (secondary N) is 2. The Balaban J connectivity index is 0.00000341. The fourth-order valence-electron chi connectivity index (χ4n) is 3.48. The first kappa shape index (κ1) is 25.7. The van der Waals surface area contributed by atoms with Crippen LogP contribution in [0, 0.1) is 0 Å². The second-order valence-corrected chi connectivity index (χ2v) is 7.88. The van der Waals surface area contributed by atoms with Gasteiger partial charge in [-0.2, -0.15) is 13.2 Å². The molecule has 1 saturated heterocycles. The van der Waals surface area contributed by atoms with E-state index in [4.69, 9.17) is 0 Å². The molecule has 1 heterocycles. The molecule has 0 atom stereocenters. The quantitative estimate of drug-likeness (QED) is 0.236. The third-order valence-electron chi connectivity index (χ3n) is 5.38. The van der Waals surface area contributed by atoms with Crippen LogP contribution in [0.2, 0.25) is 0 Å². The molecule has 6 nitrogen and oxygen atoms in total. The summed E-state index contributed by atoms with van der Waals surface area (Å²) in [5, 5.41) is 6.31. The molecule has 2 aliphatic rings. The van der Waals surface area contributed by atoms with Crippen molar-refractivity contribution >= 4 is 35.8 Å². The number of piperazine rings is 1. The molecule has 31 heavy (non-hydrogen) atoms. The van der Waals surface area contributed by atoms with Gasteiger partial charge in [0.1, 0.15) is 0 Å². The molecule has 1 amide bonds. The van der Waals surface area contributed by atoms with Gasteiger partial charge in [0.15, 0.2) is 5.96 Å². The van der Waals surface area contributed by atoms with Crippen molar-refractivity contribution in [3.63, 3.8) is 0 Å². The number of alkyl halides is 3. The molecule has 2 fully saturated rings. The fraction of sp³-hybridized carbons (Fsp3) is 0.619. The number of hydrogen-bond donors (Lipinski definition) is 2. The van der Waals surface area contributed by atoms with E-state index < -0.39 is 11.7 Å². The van der Waals surface area contributed by atoms with Gasteiger partial charge in [-0.1, -0.05) is 12.1 Å². The average molecular weight is 553 g/mol. The highest BCUT2D eigenvalue weighted by molar-refractivity contribution is 14.0. The van der Waals surface area contributed by atoms with Crippen LogP contribution in [0.25, 0.3) is 0 Å². The first-order chi connectivity index (χ1) is 14.3. The Labute approximate surface area is 198 Å². The molecule has 0 aromatic heterocycles. The number of aliphatic imine (C=N–C) groups is 1. The van der Waals surface area contributed by atoms with Crippen molar-refractivity contribution in [2.75, 3.05) is 39.8 Å². The SMILES string of the molecule is CN=C(NCCCC(=O)NC1CC1)N1CCN(Cc2ccc(C(F)(F)F)cc2)CC1.I. The molecule has 1 saturated carbocycles. The van der Waals surface area contributed by atoms with Gasteiger partial charge in [0.2, 0.25) is 5.91 Å². The lowest BCUT2D eigenvalue weighted by Gasteiger charge is -2.36. The number of amides is 1. The summed E-state index contributed by atoms with van der Waals surface area (Å²) in [7, 11) is 1.75. The summed E-state index contributed by atoms with van der Waals surface area (Å²) in [5.41, 5.74) is 0.263. The summed E-state index contributed by atoms with van der Waals surface area (Å²) in [6.07, 6.45) is -0.829. The van der Waals surface area contributed by atoms with Crippen LogP contribution in [0.3, 0.4) is 0 Å². The average Bonchev–Trinajstić information content (AvgIpc) is 3.52. The number of carbonyl (C=O) groups is 1. The second-order valence-electron chi connectivity index (χ2n) is 7.88. The first-order valence-corrected chi connectivity index (χ1v) is 10.5. The lowest BCUT2D eigenvalue weighted by atomic mass is 10.1. The summed E-state index contributed by atoms with van der Waals surface area (Å²) in [6, 6.07) is 5.78. The van der Waals surface area contributed by atoms with Crippen molar-refractivity contribution in [1.29, 1.82) is 0 Å². The van der Waals surface area contributed by atoms with E-state index in [-0.39, 0.29) is 29.9 Å². The first-order valence-electron chi connectivity index (χ1n) is 10.5. The molecule has 0 radical (unpaired) electrons. The standard InChI is InChI=1S/C21H30F3N5O.HI/c1-25-20(26-10-2-3-19(30)27-18-8-9-18)29-13-11-28(12-14-29)15-16-4-6-17(7-5-16)21(22,23)24;/h4-7,18H,2-3,8-15H2,1H3,(H,25,26)(H,27,30);1H. The maximum Gasteiger partial charge on any atom is 0.416 e. The summed E-state index contributed by atoms with van der Waals surface area (Å²) < 4.78 is 38.0. The normalized spacial score (nSPS) is 17.8. The van der Waals surface area contributed by atoms with E-state index in [1.165, 1.54) is 0 Å². The minimum atomic E-state index is -4.30. The van der Waals surface area contributed by atoms with Gasteiger partial charge in [0.25, 0.3) is 0 Å². The van der Waals surface area contributed by atoms with E-state index >= 15 is 0 Å². The lowest BCUT2D eigenvalue weighted by molar-refractivity contribution is -0.137. The van der Waals surface area contributed by atoms with Crippen LogP contribution in [0.4, 0.5) is 13.2 Å². The highest BCUT2D eigenvalue weighted by Gasteiger charge is 2.30. The molecule has 1 aliphatic heterocycles. The highest BCUT2D eigenvalue weighted by Crippen LogP contribution is 2.29. The molecular weight excluding hydrogens is 522 g/mol. The Morgan fingerprint density at radius 2 is 1.77 bits per heavy atom. The predicted octanol–water partition coefficient (Wildman–Crippen LogP) is 3.08. The second kappa shape index (κ2) is 11.9. The van der Waals surface area contributed by atoms with Crippen molar-refractivity contribution < 1.29 is 18.0 Å². The Morgan fingerprint density at radius 3 is 2.32 bits per heavy atom. The lowest BCUT2D eigenvalue weighted by Crippen LogP contribution is -2.52. The molecular formula is C21H31F3IN5O.